The van der Waals surface area contributed by atoms with E-state index in [0.29, 0.717) is 0 Å². The summed E-state index contributed by atoms with van der Waals surface area (Å²) in [6, 6.07) is 3.57. The molecule has 18 heavy (non-hydrogen) atoms. The molecule has 0 saturated carbocycles. The van der Waals surface area contributed by atoms with Crippen LogP contribution in [-0.2, 0) is 16.0 Å². The predicted molar refractivity (Wildman–Crippen MR) is 58.1 cm³/mol. The average molecular weight is 255 g/mol. The van der Waals surface area contributed by atoms with Gasteiger partial charge in [0.1, 0.15) is 5.75 Å². The van der Waals surface area contributed by atoms with Crippen LogP contribution in [-0.4, -0.2) is 17.7 Å². The lowest BCUT2D eigenvalue weighted by Gasteiger charge is -2.11. The molecule has 0 amide bonds. The molecule has 4 nitrogen and oxygen atoms in total. The predicted octanol–water partition coefficient (Wildman–Crippen LogP) is 2.31. The smallest absolute Gasteiger partial charge is 0.310 e. The molecule has 1 rings (SSSR count). The first-order valence-electron chi connectivity index (χ1n) is 5.19. The Morgan fingerprint density at radius 1 is 1.56 bits per heavy atom. The van der Waals surface area contributed by atoms with Crippen LogP contribution in [0.3, 0.4) is 0 Å². The maximum absolute atomic E-state index is 12.8. The molecule has 1 aromatic rings. The van der Waals surface area contributed by atoms with Crippen LogP contribution in [0.25, 0.3) is 0 Å². The number of rotatable bonds is 4. The molecule has 0 saturated heterocycles. The summed E-state index contributed by atoms with van der Waals surface area (Å²) in [5.74, 6) is -1.13. The minimum atomic E-state index is -2.88. The highest BCUT2D eigenvalue weighted by Gasteiger charge is 2.20. The minimum Gasteiger partial charge on any atom is -0.508 e. The Morgan fingerprint density at radius 2 is 2.22 bits per heavy atom. The molecule has 0 aliphatic heterocycles. The van der Waals surface area contributed by atoms with E-state index in [2.05, 4.69) is 4.74 Å². The summed E-state index contributed by atoms with van der Waals surface area (Å²) >= 11 is 0. The van der Waals surface area contributed by atoms with Crippen LogP contribution in [0.15, 0.2) is 12.1 Å². The van der Waals surface area contributed by atoms with Gasteiger partial charge in [-0.3, -0.25) is 4.79 Å². The molecule has 96 valence electrons. The van der Waals surface area contributed by atoms with Gasteiger partial charge < -0.3 is 9.84 Å². The molecule has 0 radical (unpaired) electrons. The third-order valence-electron chi connectivity index (χ3n) is 2.25. The molecule has 0 aliphatic carbocycles. The van der Waals surface area contributed by atoms with Gasteiger partial charge in [-0.1, -0.05) is 0 Å². The molecule has 1 N–H and O–H groups in total. The van der Waals surface area contributed by atoms with Crippen molar-refractivity contribution in [2.75, 3.05) is 6.61 Å². The molecule has 6 heteroatoms. The second-order valence-electron chi connectivity index (χ2n) is 3.46. The van der Waals surface area contributed by atoms with Gasteiger partial charge in [-0.15, -0.1) is 0 Å². The number of hydrogen-bond donors (Lipinski definition) is 1. The molecule has 0 unspecified atom stereocenters. The molecule has 0 fully saturated rings. The van der Waals surface area contributed by atoms with Crippen molar-refractivity contribution in [3.63, 3.8) is 0 Å². The van der Waals surface area contributed by atoms with Crippen LogP contribution in [0, 0.1) is 11.3 Å². The Morgan fingerprint density at radius 3 is 2.72 bits per heavy atom. The normalized spacial score (nSPS) is 10.2. The van der Waals surface area contributed by atoms with E-state index >= 15 is 0 Å². The topological polar surface area (TPSA) is 70.3 Å². The minimum absolute atomic E-state index is 0.108. The summed E-state index contributed by atoms with van der Waals surface area (Å²) in [5, 5.41) is 18.1. The number of alkyl halides is 2. The number of ether oxygens (including phenoxy) is 1. The van der Waals surface area contributed by atoms with Crippen molar-refractivity contribution in [3.05, 3.63) is 28.8 Å². The maximum atomic E-state index is 12.8. The van der Waals surface area contributed by atoms with Gasteiger partial charge >= 0.3 is 5.97 Å². The first-order valence-corrected chi connectivity index (χ1v) is 5.19. The zero-order valence-corrected chi connectivity index (χ0v) is 9.61. The Labute approximate surface area is 102 Å². The highest BCUT2D eigenvalue weighted by Crippen LogP contribution is 2.30. The summed E-state index contributed by atoms with van der Waals surface area (Å²) in [5.41, 5.74) is -0.790. The van der Waals surface area contributed by atoms with E-state index in [1.165, 1.54) is 0 Å². The van der Waals surface area contributed by atoms with Crippen molar-refractivity contribution in [3.8, 4) is 11.8 Å². The van der Waals surface area contributed by atoms with Crippen LogP contribution in [0.4, 0.5) is 8.78 Å². The van der Waals surface area contributed by atoms with Crippen LogP contribution in [0.1, 0.15) is 30.0 Å². The van der Waals surface area contributed by atoms with E-state index < -0.39 is 30.1 Å². The third kappa shape index (κ3) is 3.17. The summed E-state index contributed by atoms with van der Waals surface area (Å²) in [6.45, 7) is 1.72. The molecule has 1 aromatic carbocycles. The average Bonchev–Trinajstić information content (AvgIpc) is 2.30. The molecule has 0 atom stereocenters. The van der Waals surface area contributed by atoms with E-state index in [0.717, 1.165) is 12.1 Å². The molecular formula is C12H11F2NO3. The summed E-state index contributed by atoms with van der Waals surface area (Å²) in [6.07, 6.45) is -3.30. The van der Waals surface area contributed by atoms with E-state index in [4.69, 9.17) is 5.26 Å². The molecule has 0 spiro atoms. The highest BCUT2D eigenvalue weighted by molar-refractivity contribution is 5.74. The van der Waals surface area contributed by atoms with Crippen LogP contribution in [0.2, 0.25) is 0 Å². The van der Waals surface area contributed by atoms with Gasteiger partial charge in [0.25, 0.3) is 6.43 Å². The largest absolute Gasteiger partial charge is 0.508 e. The highest BCUT2D eigenvalue weighted by atomic mass is 19.3. The van der Waals surface area contributed by atoms with Gasteiger partial charge in [-0.05, 0) is 24.6 Å². The van der Waals surface area contributed by atoms with Gasteiger partial charge in [0.05, 0.1) is 24.7 Å². The summed E-state index contributed by atoms with van der Waals surface area (Å²) in [4.78, 5) is 11.3. The summed E-state index contributed by atoms with van der Waals surface area (Å²) < 4.78 is 30.2. The summed E-state index contributed by atoms with van der Waals surface area (Å²) in [7, 11) is 0. The lowest BCUT2D eigenvalue weighted by atomic mass is 9.98. The van der Waals surface area contributed by atoms with Crippen LogP contribution >= 0.6 is 0 Å². The lowest BCUT2D eigenvalue weighted by Crippen LogP contribution is -2.11. The number of nitriles is 1. The van der Waals surface area contributed by atoms with Gasteiger partial charge in [0, 0.05) is 5.56 Å². The molecule has 0 aromatic heterocycles. The van der Waals surface area contributed by atoms with Gasteiger partial charge in [-0.2, -0.15) is 5.26 Å². The Hall–Kier alpha value is -2.16. The number of phenolic OH excluding ortho intramolecular Hbond substituents is 1. The lowest BCUT2D eigenvalue weighted by molar-refractivity contribution is -0.142. The standard InChI is InChI=1S/C12H11F2NO3/c1-2-18-11(17)5-9-7(6-15)3-8(16)4-10(9)12(13)14/h3-4,12,16H,2,5H2,1H3. The fourth-order valence-corrected chi connectivity index (χ4v) is 1.53. The SMILES string of the molecule is CCOC(=O)Cc1c(C#N)cc(O)cc1C(F)F. The van der Waals surface area contributed by atoms with E-state index in [-0.39, 0.29) is 17.7 Å². The number of esters is 1. The van der Waals surface area contributed by atoms with Crippen molar-refractivity contribution < 1.29 is 23.4 Å². The van der Waals surface area contributed by atoms with Crippen LogP contribution < -0.4 is 0 Å². The first kappa shape index (κ1) is 13.9. The number of halogens is 2. The number of phenols is 1. The quantitative estimate of drug-likeness (QED) is 0.838. The number of carbonyl (C=O) groups is 1. The number of aromatic hydroxyl groups is 1. The number of benzene rings is 1. The Bertz CT molecular complexity index is 495. The van der Waals surface area contributed by atoms with Gasteiger partial charge in [0.2, 0.25) is 0 Å². The van der Waals surface area contributed by atoms with Crippen LogP contribution in [0.5, 0.6) is 5.75 Å². The monoisotopic (exact) mass is 255 g/mol. The first-order chi connectivity index (χ1) is 8.49. The molecule has 0 aliphatic rings. The zero-order valence-electron chi connectivity index (χ0n) is 9.61. The number of carbonyl (C=O) groups excluding carboxylic acids is 1. The molecular weight excluding hydrogens is 244 g/mol. The van der Waals surface area contributed by atoms with E-state index in [1.807, 2.05) is 0 Å². The Kier molecular flexibility index (Phi) is 4.60. The van der Waals surface area contributed by atoms with Crippen molar-refractivity contribution in [1.29, 1.82) is 5.26 Å². The Balaban J connectivity index is 3.22. The fourth-order valence-electron chi connectivity index (χ4n) is 1.53. The van der Waals surface area contributed by atoms with Crippen molar-refractivity contribution in [2.24, 2.45) is 0 Å². The number of hydrogen-bond acceptors (Lipinski definition) is 4. The van der Waals surface area contributed by atoms with Crippen molar-refractivity contribution in [1.82, 2.24) is 0 Å². The third-order valence-corrected chi connectivity index (χ3v) is 2.25. The van der Waals surface area contributed by atoms with E-state index in [1.54, 1.807) is 13.0 Å². The van der Waals surface area contributed by atoms with Gasteiger partial charge in [0.15, 0.2) is 0 Å². The fraction of sp³-hybridized carbons (Fsp3) is 0.333. The number of nitrogens with zero attached hydrogens (tertiary/aromatic N) is 1. The second-order valence-corrected chi connectivity index (χ2v) is 3.46. The molecule has 0 bridgehead atoms. The molecule has 0 heterocycles. The maximum Gasteiger partial charge on any atom is 0.310 e. The zero-order chi connectivity index (χ0) is 13.7. The second kappa shape index (κ2) is 5.96. The van der Waals surface area contributed by atoms with Crippen molar-refractivity contribution >= 4 is 5.97 Å². The van der Waals surface area contributed by atoms with Gasteiger partial charge in [-0.25, -0.2) is 8.78 Å². The van der Waals surface area contributed by atoms with Crippen molar-refractivity contribution in [2.45, 2.75) is 19.8 Å². The van der Waals surface area contributed by atoms with E-state index in [9.17, 15) is 18.7 Å².